The number of piperidine rings is 3. The fourth-order valence-corrected chi connectivity index (χ4v) is 6.72. The number of ketones is 1. The van der Waals surface area contributed by atoms with Gasteiger partial charge in [0.15, 0.2) is 5.78 Å². The number of aliphatic hydroxyl groups excluding tert-OH is 1. The molecule has 3 heterocycles. The van der Waals surface area contributed by atoms with Crippen molar-refractivity contribution in [3.05, 3.63) is 0 Å². The zero-order valence-electron chi connectivity index (χ0n) is 13.7. The first-order valence-corrected chi connectivity index (χ1v) is 9.70. The number of hydrogen-bond donors (Lipinski definition) is 4. The number of Topliss-reactive ketones (excluding diaryl/α,β-unsaturated/α-hetero) is 1. The molecule has 2 aliphatic carbocycles. The zero-order valence-corrected chi connectivity index (χ0v) is 13.7. The number of nitrogens with one attached hydrogen (secondary N) is 3. The zero-order chi connectivity index (χ0) is 15.6. The second-order valence-electron chi connectivity index (χ2n) is 8.48. The molecule has 3 saturated heterocycles. The van der Waals surface area contributed by atoms with Crippen LogP contribution >= 0.6 is 0 Å². The Morgan fingerprint density at radius 2 is 1.61 bits per heavy atom. The van der Waals surface area contributed by atoms with Crippen molar-refractivity contribution in [2.24, 2.45) is 23.7 Å². The Morgan fingerprint density at radius 3 is 2.48 bits per heavy atom. The second kappa shape index (κ2) is 5.51. The van der Waals surface area contributed by atoms with Gasteiger partial charge in [-0.1, -0.05) is 12.8 Å². The lowest BCUT2D eigenvalue weighted by Crippen LogP contribution is -2.77. The van der Waals surface area contributed by atoms with Crippen LogP contribution in [0, 0.1) is 23.7 Å². The SMILES string of the molecule is O=C1C2NCCC(O)C2C2NC3CCCCC3C3CCNC1C32. The molecule has 3 aliphatic heterocycles. The van der Waals surface area contributed by atoms with Crippen LogP contribution in [0.1, 0.15) is 38.5 Å². The molecule has 5 heteroatoms. The average molecular weight is 319 g/mol. The minimum Gasteiger partial charge on any atom is -0.393 e. The number of fused-ring (bicyclic) bond motifs is 4. The molecule has 5 rings (SSSR count). The van der Waals surface area contributed by atoms with Crippen LogP contribution in [-0.2, 0) is 4.79 Å². The number of carbonyl (C=O) groups is 1. The summed E-state index contributed by atoms with van der Waals surface area (Å²) < 4.78 is 0. The van der Waals surface area contributed by atoms with Crippen LogP contribution < -0.4 is 16.0 Å². The first kappa shape index (κ1) is 14.8. The molecule has 9 unspecified atom stereocenters. The van der Waals surface area contributed by atoms with E-state index in [9.17, 15) is 9.90 Å². The van der Waals surface area contributed by atoms with E-state index in [1.807, 2.05) is 0 Å². The van der Waals surface area contributed by atoms with Gasteiger partial charge < -0.3 is 21.1 Å². The standard InChI is InChI=1S/C18H29N3O2/c22-12-6-8-20-17-14(12)15-13-10(5-7-19-16(13)18(17)23)9-3-1-2-4-11(9)21-15/h9-17,19-22H,1-8H2. The van der Waals surface area contributed by atoms with E-state index in [0.29, 0.717) is 29.7 Å². The van der Waals surface area contributed by atoms with E-state index >= 15 is 0 Å². The van der Waals surface area contributed by atoms with Gasteiger partial charge in [0.2, 0.25) is 0 Å². The Balaban J connectivity index is 1.54. The molecule has 4 N–H and O–H groups in total. The molecule has 0 radical (unpaired) electrons. The second-order valence-corrected chi connectivity index (χ2v) is 8.48. The van der Waals surface area contributed by atoms with Gasteiger partial charge in [-0.05, 0) is 50.6 Å². The molecule has 0 bridgehead atoms. The molecule has 2 saturated carbocycles. The van der Waals surface area contributed by atoms with Crippen molar-refractivity contribution in [3.63, 3.8) is 0 Å². The first-order valence-electron chi connectivity index (χ1n) is 9.70. The molecule has 0 amide bonds. The normalized spacial score (nSPS) is 55.5. The summed E-state index contributed by atoms with van der Waals surface area (Å²) in [5.74, 6) is 2.16. The van der Waals surface area contributed by atoms with E-state index in [4.69, 9.17) is 0 Å². The molecule has 0 aromatic rings. The van der Waals surface area contributed by atoms with Gasteiger partial charge in [-0.25, -0.2) is 0 Å². The van der Waals surface area contributed by atoms with E-state index in [2.05, 4.69) is 16.0 Å². The predicted molar refractivity (Wildman–Crippen MR) is 87.0 cm³/mol. The third kappa shape index (κ3) is 2.10. The van der Waals surface area contributed by atoms with Crippen LogP contribution in [0.5, 0.6) is 0 Å². The molecule has 128 valence electrons. The predicted octanol–water partition coefficient (Wildman–Crippen LogP) is 0.0330. The molecule has 5 nitrogen and oxygen atoms in total. The van der Waals surface area contributed by atoms with Crippen molar-refractivity contribution >= 4 is 5.78 Å². The fraction of sp³-hybridized carbons (Fsp3) is 0.944. The maximum Gasteiger partial charge on any atom is 0.167 e. The maximum atomic E-state index is 13.1. The van der Waals surface area contributed by atoms with E-state index in [0.717, 1.165) is 25.4 Å². The first-order chi connectivity index (χ1) is 11.3. The highest BCUT2D eigenvalue weighted by Gasteiger charge is 2.60. The maximum absolute atomic E-state index is 13.1. The summed E-state index contributed by atoms with van der Waals surface area (Å²) in [5, 5.41) is 21.6. The molecule has 0 aromatic carbocycles. The van der Waals surface area contributed by atoms with Gasteiger partial charge in [-0.15, -0.1) is 0 Å². The fourth-order valence-electron chi connectivity index (χ4n) is 6.72. The van der Waals surface area contributed by atoms with Crippen LogP contribution in [0.15, 0.2) is 0 Å². The van der Waals surface area contributed by atoms with Crippen molar-refractivity contribution in [1.82, 2.24) is 16.0 Å². The lowest BCUT2D eigenvalue weighted by molar-refractivity contribution is -0.145. The minimum absolute atomic E-state index is 0.00632. The van der Waals surface area contributed by atoms with Crippen LogP contribution in [0.2, 0.25) is 0 Å². The van der Waals surface area contributed by atoms with Gasteiger partial charge in [0.05, 0.1) is 18.2 Å². The lowest BCUT2D eigenvalue weighted by atomic mass is 9.54. The van der Waals surface area contributed by atoms with Gasteiger partial charge >= 0.3 is 0 Å². The summed E-state index contributed by atoms with van der Waals surface area (Å²) in [6, 6.07) is 0.733. The van der Waals surface area contributed by atoms with E-state index in [1.54, 1.807) is 0 Å². The van der Waals surface area contributed by atoms with Crippen molar-refractivity contribution in [2.45, 2.75) is 68.8 Å². The van der Waals surface area contributed by atoms with Gasteiger partial charge in [-0.2, -0.15) is 0 Å². The third-order valence-corrected chi connectivity index (χ3v) is 7.57. The molecule has 23 heavy (non-hydrogen) atoms. The highest BCUT2D eigenvalue weighted by Crippen LogP contribution is 2.49. The molecule has 0 spiro atoms. The Hall–Kier alpha value is -0.490. The van der Waals surface area contributed by atoms with Crippen molar-refractivity contribution < 1.29 is 9.90 Å². The molecule has 5 fully saturated rings. The van der Waals surface area contributed by atoms with Gasteiger partial charge in [0.25, 0.3) is 0 Å². The summed E-state index contributed by atoms with van der Waals surface area (Å²) in [7, 11) is 0. The van der Waals surface area contributed by atoms with Crippen LogP contribution in [-0.4, -0.2) is 54.3 Å². The number of hydrogen-bond acceptors (Lipinski definition) is 5. The molecular formula is C18H29N3O2. The van der Waals surface area contributed by atoms with Crippen molar-refractivity contribution in [2.75, 3.05) is 13.1 Å². The summed E-state index contributed by atoms with van der Waals surface area (Å²) in [4.78, 5) is 13.1. The molecule has 9 atom stereocenters. The summed E-state index contributed by atoms with van der Waals surface area (Å²) in [5.41, 5.74) is 0. The molecule has 0 aromatic heterocycles. The van der Waals surface area contributed by atoms with Crippen LogP contribution in [0.4, 0.5) is 0 Å². The lowest BCUT2D eigenvalue weighted by Gasteiger charge is -2.61. The molecular weight excluding hydrogens is 290 g/mol. The van der Waals surface area contributed by atoms with Gasteiger partial charge in [0, 0.05) is 23.9 Å². The topological polar surface area (TPSA) is 73.4 Å². The Morgan fingerprint density at radius 1 is 0.870 bits per heavy atom. The molecule has 5 aliphatic rings. The van der Waals surface area contributed by atoms with Crippen molar-refractivity contribution in [1.29, 1.82) is 0 Å². The minimum atomic E-state index is -0.341. The Bertz CT molecular complexity index is 499. The quantitative estimate of drug-likeness (QED) is 0.507. The van der Waals surface area contributed by atoms with Crippen LogP contribution in [0.25, 0.3) is 0 Å². The monoisotopic (exact) mass is 319 g/mol. The van der Waals surface area contributed by atoms with Gasteiger partial charge in [0.1, 0.15) is 0 Å². The van der Waals surface area contributed by atoms with E-state index in [-0.39, 0.29) is 24.1 Å². The summed E-state index contributed by atoms with van der Waals surface area (Å²) in [6.07, 6.45) is 6.91. The third-order valence-electron chi connectivity index (χ3n) is 7.57. The smallest absolute Gasteiger partial charge is 0.167 e. The Kier molecular flexibility index (Phi) is 3.55. The van der Waals surface area contributed by atoms with Crippen LogP contribution in [0.3, 0.4) is 0 Å². The summed E-state index contributed by atoms with van der Waals surface area (Å²) >= 11 is 0. The van der Waals surface area contributed by atoms with Gasteiger partial charge in [-0.3, -0.25) is 4.79 Å². The van der Waals surface area contributed by atoms with E-state index < -0.39 is 0 Å². The number of aliphatic hydroxyl groups is 1. The van der Waals surface area contributed by atoms with Crippen molar-refractivity contribution in [3.8, 4) is 0 Å². The summed E-state index contributed by atoms with van der Waals surface area (Å²) in [6.45, 7) is 1.74. The highest BCUT2D eigenvalue weighted by molar-refractivity contribution is 5.91. The number of carbonyl (C=O) groups excluding carboxylic acids is 1. The number of rotatable bonds is 0. The van der Waals surface area contributed by atoms with E-state index in [1.165, 1.54) is 32.1 Å². The average Bonchev–Trinajstić information content (AvgIpc) is 2.59. The highest BCUT2D eigenvalue weighted by atomic mass is 16.3. The Labute approximate surface area is 138 Å². The largest absolute Gasteiger partial charge is 0.393 e.